The summed E-state index contributed by atoms with van der Waals surface area (Å²) in [5.74, 6) is -1.20. The summed E-state index contributed by atoms with van der Waals surface area (Å²) in [7, 11) is 0. The fourth-order valence-corrected chi connectivity index (χ4v) is 3.39. The van der Waals surface area contributed by atoms with E-state index in [1.807, 2.05) is 37.3 Å². The highest BCUT2D eigenvalue weighted by Crippen LogP contribution is 2.34. The Morgan fingerprint density at radius 2 is 1.65 bits per heavy atom. The van der Waals surface area contributed by atoms with Gasteiger partial charge in [-0.05, 0) is 52.9 Å². The smallest absolute Gasteiger partial charge is 0.416 e. The molecule has 0 amide bonds. The van der Waals surface area contributed by atoms with E-state index in [4.69, 9.17) is 4.74 Å². The molecule has 0 radical (unpaired) electrons. The first-order chi connectivity index (χ1) is 14.8. The van der Waals surface area contributed by atoms with Gasteiger partial charge in [-0.2, -0.15) is 13.2 Å². The van der Waals surface area contributed by atoms with E-state index < -0.39 is 23.6 Å². The van der Waals surface area contributed by atoms with Crippen LogP contribution in [0.25, 0.3) is 11.1 Å². The van der Waals surface area contributed by atoms with Crippen LogP contribution < -0.4 is 4.74 Å². The first kappa shape index (κ1) is 22.4. The molecule has 3 rings (SSSR count). The molecule has 0 saturated carbocycles. The van der Waals surface area contributed by atoms with Gasteiger partial charge >= 0.3 is 12.1 Å². The molecule has 1 atom stereocenters. The van der Waals surface area contributed by atoms with Crippen LogP contribution in [0.4, 0.5) is 13.2 Å². The van der Waals surface area contributed by atoms with Crippen molar-refractivity contribution in [2.24, 2.45) is 0 Å². The maximum atomic E-state index is 12.9. The van der Waals surface area contributed by atoms with Crippen molar-refractivity contribution in [3.05, 3.63) is 89.5 Å². The number of carboxylic acid groups (broad SMARTS) is 1. The summed E-state index contributed by atoms with van der Waals surface area (Å²) in [5.41, 5.74) is 1.95. The Morgan fingerprint density at radius 3 is 2.23 bits per heavy atom. The number of halogens is 3. The fourth-order valence-electron chi connectivity index (χ4n) is 3.39. The van der Waals surface area contributed by atoms with Gasteiger partial charge in [0.05, 0.1) is 11.5 Å². The molecule has 3 nitrogen and oxygen atoms in total. The van der Waals surface area contributed by atoms with Crippen molar-refractivity contribution in [3.8, 4) is 16.9 Å². The Labute approximate surface area is 179 Å². The topological polar surface area (TPSA) is 46.5 Å². The second-order valence-corrected chi connectivity index (χ2v) is 7.32. The average Bonchev–Trinajstić information content (AvgIpc) is 2.76. The molecule has 3 aromatic carbocycles. The van der Waals surface area contributed by atoms with E-state index >= 15 is 0 Å². The predicted molar refractivity (Wildman–Crippen MR) is 113 cm³/mol. The van der Waals surface area contributed by atoms with E-state index in [2.05, 4.69) is 0 Å². The van der Waals surface area contributed by atoms with Gasteiger partial charge in [0, 0.05) is 0 Å². The van der Waals surface area contributed by atoms with Crippen molar-refractivity contribution in [3.63, 3.8) is 0 Å². The SMILES string of the molecule is CCC[C@H](C(=O)O)c1cc(OCc2ccccc2)cc(-c2ccc(C(F)(F)F)cc2)c1. The quantitative estimate of drug-likeness (QED) is 0.424. The van der Waals surface area contributed by atoms with Crippen molar-refractivity contribution in [1.29, 1.82) is 0 Å². The lowest BCUT2D eigenvalue weighted by Crippen LogP contribution is -2.12. The first-order valence-corrected chi connectivity index (χ1v) is 10.00. The average molecular weight is 428 g/mol. The van der Waals surface area contributed by atoms with Crippen LogP contribution in [0.5, 0.6) is 5.75 Å². The number of alkyl halides is 3. The zero-order valence-electron chi connectivity index (χ0n) is 17.0. The second-order valence-electron chi connectivity index (χ2n) is 7.32. The highest BCUT2D eigenvalue weighted by atomic mass is 19.4. The van der Waals surface area contributed by atoms with Crippen molar-refractivity contribution < 1.29 is 27.8 Å². The van der Waals surface area contributed by atoms with Crippen LogP contribution in [-0.2, 0) is 17.6 Å². The normalized spacial score (nSPS) is 12.4. The van der Waals surface area contributed by atoms with Gasteiger partial charge in [-0.25, -0.2) is 0 Å². The fraction of sp³-hybridized carbons (Fsp3) is 0.240. The third-order valence-corrected chi connectivity index (χ3v) is 5.00. The summed E-state index contributed by atoms with van der Waals surface area (Å²) in [6.07, 6.45) is -3.29. The predicted octanol–water partition coefficient (Wildman–Crippen LogP) is 6.92. The van der Waals surface area contributed by atoms with E-state index in [1.54, 1.807) is 18.2 Å². The number of benzene rings is 3. The third-order valence-electron chi connectivity index (χ3n) is 5.00. The molecule has 0 aliphatic carbocycles. The molecule has 1 N–H and O–H groups in total. The molecule has 0 unspecified atom stereocenters. The highest BCUT2D eigenvalue weighted by Gasteiger charge is 2.30. The number of aliphatic carboxylic acids is 1. The van der Waals surface area contributed by atoms with Crippen molar-refractivity contribution >= 4 is 5.97 Å². The third kappa shape index (κ3) is 5.87. The van der Waals surface area contributed by atoms with Gasteiger partial charge < -0.3 is 9.84 Å². The van der Waals surface area contributed by atoms with Crippen LogP contribution >= 0.6 is 0 Å². The molecule has 0 spiro atoms. The summed E-state index contributed by atoms with van der Waals surface area (Å²) >= 11 is 0. The monoisotopic (exact) mass is 428 g/mol. The van der Waals surface area contributed by atoms with Gasteiger partial charge in [-0.1, -0.05) is 61.9 Å². The number of hydrogen-bond donors (Lipinski definition) is 1. The highest BCUT2D eigenvalue weighted by molar-refractivity contribution is 5.78. The van der Waals surface area contributed by atoms with Gasteiger partial charge in [0.1, 0.15) is 12.4 Å². The van der Waals surface area contributed by atoms with E-state index in [9.17, 15) is 23.1 Å². The molecule has 6 heteroatoms. The molecule has 3 aromatic rings. The van der Waals surface area contributed by atoms with E-state index in [1.165, 1.54) is 12.1 Å². The number of carboxylic acids is 1. The van der Waals surface area contributed by atoms with Crippen LogP contribution in [-0.4, -0.2) is 11.1 Å². The molecule has 0 saturated heterocycles. The Morgan fingerprint density at radius 1 is 0.968 bits per heavy atom. The molecule has 31 heavy (non-hydrogen) atoms. The van der Waals surface area contributed by atoms with Gasteiger partial charge in [0.15, 0.2) is 0 Å². The molecule has 0 fully saturated rings. The van der Waals surface area contributed by atoms with Crippen LogP contribution in [0.15, 0.2) is 72.8 Å². The molecule has 162 valence electrons. The lowest BCUT2D eigenvalue weighted by atomic mass is 9.91. The standard InChI is InChI=1S/C25H23F3O3/c1-2-6-23(24(29)30)20-13-19(18-9-11-21(12-10-18)25(26,27)28)14-22(15-20)31-16-17-7-4-3-5-8-17/h3-5,7-15,23H,2,6,16H2,1H3,(H,29,30)/t23-/m0/s1. The molecule has 0 aromatic heterocycles. The van der Waals surface area contributed by atoms with Gasteiger partial charge in [-0.3, -0.25) is 4.79 Å². The minimum Gasteiger partial charge on any atom is -0.489 e. The first-order valence-electron chi connectivity index (χ1n) is 10.00. The summed E-state index contributed by atoms with van der Waals surface area (Å²) in [6.45, 7) is 2.20. The number of hydrogen-bond acceptors (Lipinski definition) is 2. The largest absolute Gasteiger partial charge is 0.489 e. The summed E-state index contributed by atoms with van der Waals surface area (Å²) in [6, 6.07) is 19.5. The van der Waals surface area contributed by atoms with E-state index in [0.29, 0.717) is 41.9 Å². The number of carbonyl (C=O) groups is 1. The maximum Gasteiger partial charge on any atom is 0.416 e. The van der Waals surface area contributed by atoms with Gasteiger partial charge in [-0.15, -0.1) is 0 Å². The van der Waals surface area contributed by atoms with Crippen LogP contribution in [0, 0.1) is 0 Å². The van der Waals surface area contributed by atoms with E-state index in [0.717, 1.165) is 17.7 Å². The minimum absolute atomic E-state index is 0.294. The summed E-state index contributed by atoms with van der Waals surface area (Å²) in [5, 5.41) is 9.68. The summed E-state index contributed by atoms with van der Waals surface area (Å²) in [4.78, 5) is 11.8. The minimum atomic E-state index is -4.42. The van der Waals surface area contributed by atoms with Gasteiger partial charge in [0.2, 0.25) is 0 Å². The Bertz CT molecular complexity index is 1010. The molecule has 0 heterocycles. The molecular formula is C25H23F3O3. The second kappa shape index (κ2) is 9.69. The zero-order valence-corrected chi connectivity index (χ0v) is 17.0. The number of rotatable bonds is 8. The van der Waals surface area contributed by atoms with Crippen LogP contribution in [0.1, 0.15) is 42.4 Å². The molecule has 0 bridgehead atoms. The Kier molecular flexibility index (Phi) is 7.00. The molecule has 0 aliphatic heterocycles. The summed E-state index contributed by atoms with van der Waals surface area (Å²) < 4.78 is 44.6. The molecule has 0 aliphatic rings. The zero-order chi connectivity index (χ0) is 22.4. The van der Waals surface area contributed by atoms with E-state index in [-0.39, 0.29) is 0 Å². The maximum absolute atomic E-state index is 12.9. The van der Waals surface area contributed by atoms with Crippen LogP contribution in [0.2, 0.25) is 0 Å². The van der Waals surface area contributed by atoms with Gasteiger partial charge in [0.25, 0.3) is 0 Å². The lowest BCUT2D eigenvalue weighted by Gasteiger charge is -2.16. The Hall–Kier alpha value is -3.28. The Balaban J connectivity index is 1.98. The van der Waals surface area contributed by atoms with Crippen molar-refractivity contribution in [1.82, 2.24) is 0 Å². The number of ether oxygens (including phenoxy) is 1. The van der Waals surface area contributed by atoms with Crippen molar-refractivity contribution in [2.75, 3.05) is 0 Å². The lowest BCUT2D eigenvalue weighted by molar-refractivity contribution is -0.139. The van der Waals surface area contributed by atoms with Crippen LogP contribution in [0.3, 0.4) is 0 Å². The molecular weight excluding hydrogens is 405 g/mol. The van der Waals surface area contributed by atoms with Crippen molar-refractivity contribution in [2.45, 2.75) is 38.5 Å².